The van der Waals surface area contributed by atoms with Crippen LogP contribution in [0.15, 0.2) is 29.3 Å². The van der Waals surface area contributed by atoms with Crippen molar-refractivity contribution in [3.05, 3.63) is 52.3 Å². The van der Waals surface area contributed by atoms with Gasteiger partial charge in [-0.3, -0.25) is 14.5 Å². The Kier molecular flexibility index (Phi) is 10.1. The predicted octanol–water partition coefficient (Wildman–Crippen LogP) is 2.73. The van der Waals surface area contributed by atoms with Crippen LogP contribution in [-0.2, 0) is 33.0 Å². The fraction of sp³-hybridized carbons (Fsp3) is 0.476. The minimum atomic E-state index is 0. The normalized spacial score (nSPS) is 11.0. The molecule has 1 aromatic heterocycles. The highest BCUT2D eigenvalue weighted by atomic mass is 127. The Morgan fingerprint density at radius 2 is 1.72 bits per heavy atom. The third-order valence-corrected chi connectivity index (χ3v) is 4.75. The highest BCUT2D eigenvalue weighted by molar-refractivity contribution is 14.0. The van der Waals surface area contributed by atoms with E-state index in [9.17, 15) is 4.79 Å². The highest BCUT2D eigenvalue weighted by Crippen LogP contribution is 2.15. The number of aliphatic imine (C=N–C) groups is 1. The summed E-state index contributed by atoms with van der Waals surface area (Å²) in [5.41, 5.74) is 5.40. The van der Waals surface area contributed by atoms with Gasteiger partial charge in [0.05, 0.1) is 5.69 Å². The number of carbonyl (C=O) groups excluding carboxylic acids is 1. The molecule has 29 heavy (non-hydrogen) atoms. The first-order chi connectivity index (χ1) is 13.4. The van der Waals surface area contributed by atoms with Crippen molar-refractivity contribution >= 4 is 35.8 Å². The molecule has 0 spiro atoms. The van der Waals surface area contributed by atoms with E-state index in [0.717, 1.165) is 30.1 Å². The summed E-state index contributed by atoms with van der Waals surface area (Å²) in [5.74, 6) is 0.744. The standard InChI is InChI=1S/C21H32N6O.HI/c1-7-18-17(19(8-2)27(6)25-18)14-24-21(22-3)23-13-15-9-11-16(12-10-15)20(28)26(4)5;/h9-12H,7-8,13-14H2,1-6H3,(H2,22,23,24);1H. The lowest BCUT2D eigenvalue weighted by molar-refractivity contribution is 0.0827. The molecule has 2 aromatic rings. The molecule has 0 bridgehead atoms. The summed E-state index contributed by atoms with van der Waals surface area (Å²) >= 11 is 0. The van der Waals surface area contributed by atoms with Crippen LogP contribution in [0, 0.1) is 0 Å². The molecular formula is C21H33IN6O. The van der Waals surface area contributed by atoms with Crippen LogP contribution in [0.25, 0.3) is 0 Å². The van der Waals surface area contributed by atoms with Crippen molar-refractivity contribution < 1.29 is 4.79 Å². The minimum Gasteiger partial charge on any atom is -0.352 e. The van der Waals surface area contributed by atoms with E-state index in [0.29, 0.717) is 18.7 Å². The molecule has 0 saturated carbocycles. The van der Waals surface area contributed by atoms with Gasteiger partial charge in [0.1, 0.15) is 0 Å². The number of aromatic nitrogens is 2. The number of carbonyl (C=O) groups is 1. The second-order valence-corrected chi connectivity index (χ2v) is 6.88. The molecule has 0 unspecified atom stereocenters. The number of hydrogen-bond acceptors (Lipinski definition) is 3. The van der Waals surface area contributed by atoms with E-state index in [1.54, 1.807) is 26.0 Å². The predicted molar refractivity (Wildman–Crippen MR) is 129 cm³/mol. The SMILES string of the molecule is CCc1nn(C)c(CC)c1CNC(=NC)NCc1ccc(C(=O)N(C)C)cc1.I. The lowest BCUT2D eigenvalue weighted by Crippen LogP contribution is -2.36. The third-order valence-electron chi connectivity index (χ3n) is 4.75. The number of amides is 1. The van der Waals surface area contributed by atoms with Gasteiger partial charge in [0.25, 0.3) is 5.91 Å². The van der Waals surface area contributed by atoms with Gasteiger partial charge in [-0.25, -0.2) is 0 Å². The number of rotatable bonds is 7. The second kappa shape index (κ2) is 11.8. The summed E-state index contributed by atoms with van der Waals surface area (Å²) in [6.45, 7) is 5.60. The summed E-state index contributed by atoms with van der Waals surface area (Å²) in [6.07, 6.45) is 1.86. The van der Waals surface area contributed by atoms with E-state index >= 15 is 0 Å². The Labute approximate surface area is 191 Å². The zero-order chi connectivity index (χ0) is 20.7. The molecule has 0 aliphatic heterocycles. The first kappa shape index (κ1) is 24.9. The Morgan fingerprint density at radius 3 is 2.24 bits per heavy atom. The highest BCUT2D eigenvalue weighted by Gasteiger charge is 2.14. The van der Waals surface area contributed by atoms with E-state index < -0.39 is 0 Å². The van der Waals surface area contributed by atoms with Gasteiger partial charge in [-0.2, -0.15) is 5.10 Å². The van der Waals surface area contributed by atoms with Crippen LogP contribution >= 0.6 is 24.0 Å². The third kappa shape index (κ3) is 6.45. The summed E-state index contributed by atoms with van der Waals surface area (Å²) in [7, 11) is 7.27. The molecule has 1 aromatic carbocycles. The zero-order valence-corrected chi connectivity index (χ0v) is 20.6. The molecule has 0 saturated heterocycles. The van der Waals surface area contributed by atoms with Crippen LogP contribution in [0.5, 0.6) is 0 Å². The van der Waals surface area contributed by atoms with E-state index in [1.165, 1.54) is 11.3 Å². The maximum absolute atomic E-state index is 12.0. The average Bonchev–Trinajstić information content (AvgIpc) is 3.02. The number of aryl methyl sites for hydroxylation is 2. The molecule has 8 heteroatoms. The van der Waals surface area contributed by atoms with E-state index in [2.05, 4.69) is 34.6 Å². The molecule has 0 aliphatic rings. The van der Waals surface area contributed by atoms with Crippen molar-refractivity contribution in [2.45, 2.75) is 39.8 Å². The van der Waals surface area contributed by atoms with Gasteiger partial charge in [-0.05, 0) is 30.5 Å². The van der Waals surface area contributed by atoms with Crippen LogP contribution < -0.4 is 10.6 Å². The molecule has 1 heterocycles. The van der Waals surface area contributed by atoms with Gasteiger partial charge in [0.15, 0.2) is 5.96 Å². The summed E-state index contributed by atoms with van der Waals surface area (Å²) < 4.78 is 1.97. The van der Waals surface area contributed by atoms with Crippen LogP contribution in [0.3, 0.4) is 0 Å². The summed E-state index contributed by atoms with van der Waals surface area (Å²) in [5, 5.41) is 11.3. The van der Waals surface area contributed by atoms with E-state index in [-0.39, 0.29) is 29.9 Å². The van der Waals surface area contributed by atoms with Crippen molar-refractivity contribution in [1.82, 2.24) is 25.3 Å². The van der Waals surface area contributed by atoms with Crippen LogP contribution in [0.4, 0.5) is 0 Å². The molecule has 0 atom stereocenters. The lowest BCUT2D eigenvalue weighted by atomic mass is 10.1. The number of hydrogen-bond donors (Lipinski definition) is 2. The van der Waals surface area contributed by atoms with Crippen molar-refractivity contribution in [3.63, 3.8) is 0 Å². The van der Waals surface area contributed by atoms with Crippen molar-refractivity contribution in [1.29, 1.82) is 0 Å². The van der Waals surface area contributed by atoms with E-state index in [1.807, 2.05) is 36.0 Å². The van der Waals surface area contributed by atoms with Gasteiger partial charge in [0, 0.05) is 58.1 Å². The number of halogens is 1. The summed E-state index contributed by atoms with van der Waals surface area (Å²) in [6, 6.07) is 7.63. The fourth-order valence-corrected chi connectivity index (χ4v) is 3.20. The van der Waals surface area contributed by atoms with Gasteiger partial charge in [-0.15, -0.1) is 24.0 Å². The van der Waals surface area contributed by atoms with Crippen LogP contribution in [-0.4, -0.2) is 47.7 Å². The van der Waals surface area contributed by atoms with Crippen molar-refractivity contribution in [2.24, 2.45) is 12.0 Å². The molecule has 7 nitrogen and oxygen atoms in total. The van der Waals surface area contributed by atoms with Crippen molar-refractivity contribution in [3.8, 4) is 0 Å². The van der Waals surface area contributed by atoms with Crippen LogP contribution in [0.2, 0.25) is 0 Å². The Morgan fingerprint density at radius 1 is 1.10 bits per heavy atom. The monoisotopic (exact) mass is 512 g/mol. The molecular weight excluding hydrogens is 479 g/mol. The van der Waals surface area contributed by atoms with Crippen LogP contribution in [0.1, 0.15) is 46.7 Å². The zero-order valence-electron chi connectivity index (χ0n) is 18.2. The smallest absolute Gasteiger partial charge is 0.253 e. The van der Waals surface area contributed by atoms with Gasteiger partial charge >= 0.3 is 0 Å². The minimum absolute atomic E-state index is 0. The largest absolute Gasteiger partial charge is 0.352 e. The summed E-state index contributed by atoms with van der Waals surface area (Å²) in [4.78, 5) is 17.9. The number of guanidine groups is 1. The molecule has 160 valence electrons. The quantitative estimate of drug-likeness (QED) is 0.340. The first-order valence-electron chi connectivity index (χ1n) is 9.69. The number of nitrogens with one attached hydrogen (secondary N) is 2. The lowest BCUT2D eigenvalue weighted by Gasteiger charge is -2.14. The second-order valence-electron chi connectivity index (χ2n) is 6.88. The molecule has 0 radical (unpaired) electrons. The Bertz CT molecular complexity index is 826. The average molecular weight is 512 g/mol. The molecule has 0 aliphatic carbocycles. The van der Waals surface area contributed by atoms with Gasteiger partial charge in [0.2, 0.25) is 0 Å². The maximum Gasteiger partial charge on any atom is 0.253 e. The van der Waals surface area contributed by atoms with Crippen molar-refractivity contribution in [2.75, 3.05) is 21.1 Å². The number of benzene rings is 1. The molecule has 2 N–H and O–H groups in total. The fourth-order valence-electron chi connectivity index (χ4n) is 3.20. The Balaban J connectivity index is 0.00000420. The van der Waals surface area contributed by atoms with Gasteiger partial charge < -0.3 is 15.5 Å². The first-order valence-corrected chi connectivity index (χ1v) is 9.69. The van der Waals surface area contributed by atoms with Gasteiger partial charge in [-0.1, -0.05) is 26.0 Å². The molecule has 2 rings (SSSR count). The topological polar surface area (TPSA) is 74.5 Å². The molecule has 1 amide bonds. The Hall–Kier alpha value is -2.10. The van der Waals surface area contributed by atoms with E-state index in [4.69, 9.17) is 0 Å². The number of nitrogens with zero attached hydrogens (tertiary/aromatic N) is 4. The molecule has 0 fully saturated rings. The maximum atomic E-state index is 12.0.